The summed E-state index contributed by atoms with van der Waals surface area (Å²) in [6.07, 6.45) is 5.59. The van der Waals surface area contributed by atoms with Crippen molar-refractivity contribution >= 4 is 23.6 Å². The second-order valence-electron chi connectivity index (χ2n) is 5.75. The van der Waals surface area contributed by atoms with Gasteiger partial charge in [0.2, 0.25) is 5.91 Å². The van der Waals surface area contributed by atoms with Gasteiger partial charge in [-0.3, -0.25) is 9.78 Å². The lowest BCUT2D eigenvalue weighted by Gasteiger charge is -2.10. The number of amides is 1. The summed E-state index contributed by atoms with van der Waals surface area (Å²) in [5.41, 5.74) is 1.74. The van der Waals surface area contributed by atoms with E-state index in [1.54, 1.807) is 18.3 Å². The molecule has 0 radical (unpaired) electrons. The molecule has 26 heavy (non-hydrogen) atoms. The predicted octanol–water partition coefficient (Wildman–Crippen LogP) is 4.25. The molecule has 138 valence electrons. The molecule has 2 aromatic rings. The van der Waals surface area contributed by atoms with Crippen LogP contribution in [0.5, 0.6) is 11.5 Å². The number of benzene rings is 1. The summed E-state index contributed by atoms with van der Waals surface area (Å²) in [5, 5.41) is 3.29. The van der Waals surface area contributed by atoms with Crippen molar-refractivity contribution in [2.75, 3.05) is 6.61 Å². The fourth-order valence-corrected chi connectivity index (χ4v) is 2.48. The van der Waals surface area contributed by atoms with Crippen LogP contribution in [0.25, 0.3) is 6.08 Å². The van der Waals surface area contributed by atoms with Crippen LogP contribution in [0.4, 0.5) is 0 Å². The highest BCUT2D eigenvalue weighted by Gasteiger charge is 2.05. The van der Waals surface area contributed by atoms with E-state index in [2.05, 4.69) is 10.3 Å². The Hall–Kier alpha value is -2.53. The van der Waals surface area contributed by atoms with Crippen molar-refractivity contribution in [3.63, 3.8) is 0 Å². The zero-order chi connectivity index (χ0) is 18.9. The molecule has 0 saturated heterocycles. The van der Waals surface area contributed by atoms with E-state index < -0.39 is 0 Å². The van der Waals surface area contributed by atoms with Crippen molar-refractivity contribution in [2.45, 2.75) is 33.4 Å². The van der Waals surface area contributed by atoms with E-state index in [0.29, 0.717) is 29.7 Å². The minimum atomic E-state index is -0.0549. The highest BCUT2D eigenvalue weighted by molar-refractivity contribution is 6.32. The molecule has 1 amide bonds. The topological polar surface area (TPSA) is 60.5 Å². The van der Waals surface area contributed by atoms with Crippen LogP contribution in [0.1, 0.15) is 32.0 Å². The van der Waals surface area contributed by atoms with Crippen molar-refractivity contribution in [1.82, 2.24) is 10.3 Å². The normalized spacial score (nSPS) is 12.0. The highest BCUT2D eigenvalue weighted by atomic mass is 35.5. The number of nitrogens with zero attached hydrogens (tertiary/aromatic N) is 1. The second-order valence-corrected chi connectivity index (χ2v) is 6.15. The largest absolute Gasteiger partial charge is 0.494 e. The van der Waals surface area contributed by atoms with Gasteiger partial charge in [-0.25, -0.2) is 0 Å². The summed E-state index contributed by atoms with van der Waals surface area (Å²) in [6, 6.07) is 9.15. The van der Waals surface area contributed by atoms with E-state index in [9.17, 15) is 4.79 Å². The number of halogens is 1. The average molecular weight is 375 g/mol. The van der Waals surface area contributed by atoms with Crippen molar-refractivity contribution < 1.29 is 14.3 Å². The molecule has 0 unspecified atom stereocenters. The van der Waals surface area contributed by atoms with Crippen molar-refractivity contribution in [1.29, 1.82) is 0 Å². The van der Waals surface area contributed by atoms with E-state index in [-0.39, 0.29) is 11.9 Å². The van der Waals surface area contributed by atoms with E-state index in [4.69, 9.17) is 21.1 Å². The van der Waals surface area contributed by atoms with Gasteiger partial charge in [-0.05, 0) is 37.6 Å². The first-order valence-corrected chi connectivity index (χ1v) is 8.81. The van der Waals surface area contributed by atoms with Crippen LogP contribution in [-0.2, 0) is 11.4 Å². The lowest BCUT2D eigenvalue weighted by Crippen LogP contribution is -2.28. The van der Waals surface area contributed by atoms with Crippen LogP contribution in [-0.4, -0.2) is 23.5 Å². The van der Waals surface area contributed by atoms with Crippen LogP contribution >= 0.6 is 11.6 Å². The summed E-state index contributed by atoms with van der Waals surface area (Å²) >= 11 is 6.20. The SMILES string of the molecule is CCOc1ccc(OCc2ccc(C=C[C@H](C)NC(C)=O)cn2)c(Cl)c1. The van der Waals surface area contributed by atoms with Gasteiger partial charge >= 0.3 is 0 Å². The Balaban J connectivity index is 1.91. The number of carbonyl (C=O) groups is 1. The summed E-state index contributed by atoms with van der Waals surface area (Å²) in [4.78, 5) is 15.4. The Kier molecular flexibility index (Phi) is 7.48. The molecule has 1 aromatic carbocycles. The minimum Gasteiger partial charge on any atom is -0.494 e. The highest BCUT2D eigenvalue weighted by Crippen LogP contribution is 2.29. The first-order valence-electron chi connectivity index (χ1n) is 8.43. The molecule has 1 aromatic heterocycles. The molecule has 1 atom stereocenters. The third kappa shape index (κ3) is 6.41. The van der Waals surface area contributed by atoms with E-state index >= 15 is 0 Å². The third-order valence-corrected chi connectivity index (χ3v) is 3.74. The van der Waals surface area contributed by atoms with Crippen molar-refractivity contribution in [3.8, 4) is 11.5 Å². The van der Waals surface area contributed by atoms with Gasteiger partial charge in [0.25, 0.3) is 0 Å². The lowest BCUT2D eigenvalue weighted by atomic mass is 10.2. The van der Waals surface area contributed by atoms with Gasteiger partial charge in [-0.15, -0.1) is 0 Å². The molecule has 1 N–H and O–H groups in total. The molecular formula is C20H23ClN2O3. The van der Waals surface area contributed by atoms with Crippen LogP contribution in [0.2, 0.25) is 5.02 Å². The van der Waals surface area contributed by atoms with Gasteiger partial charge in [-0.1, -0.05) is 29.8 Å². The number of carbonyl (C=O) groups excluding carboxylic acids is 1. The van der Waals surface area contributed by atoms with Gasteiger partial charge in [0, 0.05) is 25.2 Å². The summed E-state index contributed by atoms with van der Waals surface area (Å²) in [7, 11) is 0. The molecule has 1 heterocycles. The molecule has 6 heteroatoms. The summed E-state index contributed by atoms with van der Waals surface area (Å²) in [6.45, 7) is 6.24. The average Bonchev–Trinajstić information content (AvgIpc) is 2.60. The number of hydrogen-bond donors (Lipinski definition) is 1. The molecule has 0 fully saturated rings. The van der Waals surface area contributed by atoms with Gasteiger partial charge in [0.1, 0.15) is 18.1 Å². The lowest BCUT2D eigenvalue weighted by molar-refractivity contribution is -0.119. The Labute approximate surface area is 159 Å². The smallest absolute Gasteiger partial charge is 0.217 e. The standard InChI is InChI=1S/C20H23ClN2O3/c1-4-25-18-9-10-20(19(21)11-18)26-13-17-8-7-16(12-22-17)6-5-14(2)23-15(3)24/h5-12,14H,4,13H2,1-3H3,(H,23,24)/t14-/m0/s1. The van der Waals surface area contributed by atoms with E-state index in [0.717, 1.165) is 11.3 Å². The monoisotopic (exact) mass is 374 g/mol. The van der Waals surface area contributed by atoms with Gasteiger partial charge in [-0.2, -0.15) is 0 Å². The first kappa shape index (κ1) is 19.8. The zero-order valence-electron chi connectivity index (χ0n) is 15.2. The molecule has 2 rings (SSSR count). The number of aromatic nitrogens is 1. The number of nitrogens with one attached hydrogen (secondary N) is 1. The van der Waals surface area contributed by atoms with Gasteiger partial charge in [0.05, 0.1) is 17.3 Å². The van der Waals surface area contributed by atoms with Crippen molar-refractivity contribution in [3.05, 3.63) is 58.9 Å². The van der Waals surface area contributed by atoms with Gasteiger partial charge in [0.15, 0.2) is 0 Å². The van der Waals surface area contributed by atoms with Crippen LogP contribution < -0.4 is 14.8 Å². The number of rotatable bonds is 8. The van der Waals surface area contributed by atoms with E-state index in [1.165, 1.54) is 6.92 Å². The molecule has 5 nitrogen and oxygen atoms in total. The molecule has 0 aliphatic rings. The maximum absolute atomic E-state index is 11.0. The minimum absolute atomic E-state index is 0.0303. The maximum Gasteiger partial charge on any atom is 0.217 e. The Bertz CT molecular complexity index is 760. The zero-order valence-corrected chi connectivity index (χ0v) is 15.9. The molecule has 0 bridgehead atoms. The molecule has 0 spiro atoms. The summed E-state index contributed by atoms with van der Waals surface area (Å²) < 4.78 is 11.1. The number of pyridine rings is 1. The van der Waals surface area contributed by atoms with Crippen LogP contribution in [0.15, 0.2) is 42.6 Å². The first-order chi connectivity index (χ1) is 12.5. The van der Waals surface area contributed by atoms with Gasteiger partial charge < -0.3 is 14.8 Å². The molecular weight excluding hydrogens is 352 g/mol. The quantitative estimate of drug-likeness (QED) is 0.750. The maximum atomic E-state index is 11.0. The molecule has 0 aliphatic heterocycles. The molecule has 0 saturated carbocycles. The third-order valence-electron chi connectivity index (χ3n) is 3.45. The Morgan fingerprint density at radius 1 is 1.31 bits per heavy atom. The van der Waals surface area contributed by atoms with Crippen LogP contribution in [0, 0.1) is 0 Å². The van der Waals surface area contributed by atoms with Crippen LogP contribution in [0.3, 0.4) is 0 Å². The fourth-order valence-electron chi connectivity index (χ4n) is 2.25. The summed E-state index contributed by atoms with van der Waals surface area (Å²) in [5.74, 6) is 1.25. The van der Waals surface area contributed by atoms with E-state index in [1.807, 2.05) is 44.2 Å². The Morgan fingerprint density at radius 2 is 2.12 bits per heavy atom. The number of hydrogen-bond acceptors (Lipinski definition) is 4. The fraction of sp³-hybridized carbons (Fsp3) is 0.300. The predicted molar refractivity (Wildman–Crippen MR) is 104 cm³/mol. The second kappa shape index (κ2) is 9.82. The Morgan fingerprint density at radius 3 is 2.73 bits per heavy atom. The number of ether oxygens (including phenoxy) is 2. The molecule has 0 aliphatic carbocycles. The van der Waals surface area contributed by atoms with Crippen molar-refractivity contribution in [2.24, 2.45) is 0 Å².